The Balaban J connectivity index is 2.10. The number of anilines is 1. The predicted octanol–water partition coefficient (Wildman–Crippen LogP) is 1.38. The highest BCUT2D eigenvalue weighted by Gasteiger charge is 2.20. The Hall–Kier alpha value is -1.52. The zero-order valence-corrected chi connectivity index (χ0v) is 13.3. The quantitative estimate of drug-likeness (QED) is 0.760. The van der Waals surface area contributed by atoms with E-state index < -0.39 is 20.7 Å². The molecule has 7 nitrogen and oxygen atoms in total. The molecule has 1 aromatic heterocycles. The molecule has 1 heterocycles. The summed E-state index contributed by atoms with van der Waals surface area (Å²) < 4.78 is 45.1. The number of nitrogens with two attached hydrogens (primary N) is 1. The van der Waals surface area contributed by atoms with Crippen LogP contribution in [0.3, 0.4) is 0 Å². The van der Waals surface area contributed by atoms with Crippen molar-refractivity contribution in [3.63, 3.8) is 0 Å². The summed E-state index contributed by atoms with van der Waals surface area (Å²) in [5.41, 5.74) is 5.70. The molecular formula is C11H12BrFN4O3S. The Morgan fingerprint density at radius 2 is 2.19 bits per heavy atom. The number of hydrogen-bond donors (Lipinski definition) is 2. The zero-order valence-electron chi connectivity index (χ0n) is 10.9. The summed E-state index contributed by atoms with van der Waals surface area (Å²) in [5.74, 6) is -0.135. The largest absolute Gasteiger partial charge is 0.398 e. The van der Waals surface area contributed by atoms with Crippen molar-refractivity contribution in [3.8, 4) is 0 Å². The molecule has 1 aromatic carbocycles. The maximum Gasteiger partial charge on any atom is 0.243 e. The summed E-state index contributed by atoms with van der Waals surface area (Å²) in [6.07, 6.45) is 0.226. The maximum absolute atomic E-state index is 13.7. The van der Waals surface area contributed by atoms with Gasteiger partial charge in [0.05, 0.1) is 0 Å². The lowest BCUT2D eigenvalue weighted by molar-refractivity contribution is 0.387. The van der Waals surface area contributed by atoms with E-state index in [1.54, 1.807) is 6.92 Å². The molecule has 0 spiro atoms. The fourth-order valence-corrected chi connectivity index (χ4v) is 3.01. The molecule has 0 aliphatic carbocycles. The van der Waals surface area contributed by atoms with Crippen molar-refractivity contribution < 1.29 is 17.3 Å². The number of sulfonamides is 1. The Kier molecular flexibility index (Phi) is 4.59. The molecular weight excluding hydrogens is 367 g/mol. The second-order valence-corrected chi connectivity index (χ2v) is 6.77. The van der Waals surface area contributed by atoms with Gasteiger partial charge in [0.2, 0.25) is 15.9 Å². The first-order valence-electron chi connectivity index (χ1n) is 5.83. The number of aryl methyl sites for hydroxylation is 1. The monoisotopic (exact) mass is 378 g/mol. The van der Waals surface area contributed by atoms with Gasteiger partial charge in [-0.25, -0.2) is 17.5 Å². The Morgan fingerprint density at radius 1 is 1.48 bits per heavy atom. The predicted molar refractivity (Wildman–Crippen MR) is 76.4 cm³/mol. The summed E-state index contributed by atoms with van der Waals surface area (Å²) in [6.45, 7) is 1.64. The minimum Gasteiger partial charge on any atom is -0.398 e. The van der Waals surface area contributed by atoms with E-state index in [-0.39, 0.29) is 18.7 Å². The molecule has 0 saturated heterocycles. The number of aromatic nitrogens is 2. The Bertz CT molecular complexity index is 763. The molecule has 0 unspecified atom stereocenters. The van der Waals surface area contributed by atoms with Gasteiger partial charge in [-0.15, -0.1) is 0 Å². The van der Waals surface area contributed by atoms with E-state index in [9.17, 15) is 12.8 Å². The van der Waals surface area contributed by atoms with E-state index in [0.29, 0.717) is 16.2 Å². The van der Waals surface area contributed by atoms with Gasteiger partial charge in [0.15, 0.2) is 5.82 Å². The first kappa shape index (κ1) is 15.9. The van der Waals surface area contributed by atoms with Gasteiger partial charge in [0.25, 0.3) is 0 Å². The van der Waals surface area contributed by atoms with Gasteiger partial charge in [-0.1, -0.05) is 5.16 Å². The van der Waals surface area contributed by atoms with Gasteiger partial charge in [-0.3, -0.25) is 0 Å². The van der Waals surface area contributed by atoms with Crippen molar-refractivity contribution in [2.24, 2.45) is 0 Å². The molecule has 0 aliphatic heterocycles. The van der Waals surface area contributed by atoms with Gasteiger partial charge >= 0.3 is 0 Å². The normalized spacial score (nSPS) is 11.8. The number of benzene rings is 1. The van der Waals surface area contributed by atoms with Crippen LogP contribution in [0.4, 0.5) is 10.1 Å². The van der Waals surface area contributed by atoms with Crippen molar-refractivity contribution in [2.45, 2.75) is 18.2 Å². The lowest BCUT2D eigenvalue weighted by Crippen LogP contribution is -2.27. The van der Waals surface area contributed by atoms with Gasteiger partial charge in [0, 0.05) is 30.0 Å². The van der Waals surface area contributed by atoms with Crippen LogP contribution in [0.5, 0.6) is 0 Å². The number of nitrogens with one attached hydrogen (secondary N) is 1. The van der Waals surface area contributed by atoms with Crippen LogP contribution in [-0.4, -0.2) is 25.1 Å². The summed E-state index contributed by atoms with van der Waals surface area (Å²) in [5, 5.41) is 3.63. The van der Waals surface area contributed by atoms with Crippen LogP contribution in [0.2, 0.25) is 0 Å². The minimum atomic E-state index is -4.01. The van der Waals surface area contributed by atoms with E-state index in [0.717, 1.165) is 12.1 Å². The van der Waals surface area contributed by atoms with Crippen molar-refractivity contribution in [1.82, 2.24) is 14.9 Å². The molecule has 0 amide bonds. The number of nitrogen functional groups attached to an aromatic ring is 1. The molecule has 114 valence electrons. The van der Waals surface area contributed by atoms with E-state index in [2.05, 4.69) is 30.8 Å². The minimum absolute atomic E-state index is 0.0106. The van der Waals surface area contributed by atoms with Gasteiger partial charge in [0.1, 0.15) is 10.7 Å². The third-order valence-electron chi connectivity index (χ3n) is 2.55. The average Bonchev–Trinajstić information content (AvgIpc) is 2.79. The topological polar surface area (TPSA) is 111 Å². The van der Waals surface area contributed by atoms with E-state index >= 15 is 0 Å². The second-order valence-electron chi connectivity index (χ2n) is 4.18. The molecule has 10 heteroatoms. The summed E-state index contributed by atoms with van der Waals surface area (Å²) in [7, 11) is -4.01. The van der Waals surface area contributed by atoms with Crippen molar-refractivity contribution >= 4 is 31.6 Å². The standard InChI is InChI=1S/C11H12BrFN4O3S/c1-6-16-11(17-20-6)2-3-15-21(18,19)10-5-9(14)7(12)4-8(10)13/h4-5,15H,2-3,14H2,1H3. The molecule has 0 atom stereocenters. The Morgan fingerprint density at radius 3 is 2.81 bits per heavy atom. The second kappa shape index (κ2) is 6.08. The third kappa shape index (κ3) is 3.77. The maximum atomic E-state index is 13.7. The lowest BCUT2D eigenvalue weighted by Gasteiger charge is -2.08. The molecule has 2 rings (SSSR count). The number of halogens is 2. The first-order valence-corrected chi connectivity index (χ1v) is 8.10. The highest BCUT2D eigenvalue weighted by Crippen LogP contribution is 2.25. The number of nitrogens with zero attached hydrogens (tertiary/aromatic N) is 2. The molecule has 0 radical (unpaired) electrons. The molecule has 3 N–H and O–H groups in total. The zero-order chi connectivity index (χ0) is 15.6. The third-order valence-corrected chi connectivity index (χ3v) is 4.71. The molecule has 0 bridgehead atoms. The van der Waals surface area contributed by atoms with Crippen LogP contribution >= 0.6 is 15.9 Å². The van der Waals surface area contributed by atoms with E-state index in [1.807, 2.05) is 0 Å². The first-order chi connectivity index (χ1) is 9.79. The SMILES string of the molecule is Cc1nc(CCNS(=O)(=O)c2cc(N)c(Br)cc2F)no1. The average molecular weight is 379 g/mol. The van der Waals surface area contributed by atoms with Gasteiger partial charge < -0.3 is 10.3 Å². The lowest BCUT2D eigenvalue weighted by atomic mass is 10.3. The molecule has 0 aliphatic rings. The number of hydrogen-bond acceptors (Lipinski definition) is 6. The summed E-state index contributed by atoms with van der Waals surface area (Å²) in [6, 6.07) is 2.06. The van der Waals surface area contributed by atoms with Gasteiger partial charge in [-0.2, -0.15) is 4.98 Å². The fourth-order valence-electron chi connectivity index (χ4n) is 1.57. The fraction of sp³-hybridized carbons (Fsp3) is 0.273. The highest BCUT2D eigenvalue weighted by atomic mass is 79.9. The van der Waals surface area contributed by atoms with Crippen molar-refractivity contribution in [1.29, 1.82) is 0 Å². The van der Waals surface area contributed by atoms with Crippen LogP contribution in [0.25, 0.3) is 0 Å². The van der Waals surface area contributed by atoms with Crippen LogP contribution in [0.15, 0.2) is 26.0 Å². The van der Waals surface area contributed by atoms with E-state index in [4.69, 9.17) is 10.3 Å². The van der Waals surface area contributed by atoms with Crippen molar-refractivity contribution in [3.05, 3.63) is 34.1 Å². The van der Waals surface area contributed by atoms with Crippen LogP contribution in [-0.2, 0) is 16.4 Å². The molecule has 0 fully saturated rings. The Labute approximate surface area is 128 Å². The summed E-state index contributed by atoms with van der Waals surface area (Å²) >= 11 is 3.03. The van der Waals surface area contributed by atoms with Gasteiger partial charge in [-0.05, 0) is 28.1 Å². The smallest absolute Gasteiger partial charge is 0.243 e. The van der Waals surface area contributed by atoms with Crippen LogP contribution in [0, 0.1) is 12.7 Å². The van der Waals surface area contributed by atoms with E-state index in [1.165, 1.54) is 0 Å². The molecule has 2 aromatic rings. The van der Waals surface area contributed by atoms with Crippen molar-refractivity contribution in [2.75, 3.05) is 12.3 Å². The molecule has 21 heavy (non-hydrogen) atoms. The number of rotatable bonds is 5. The summed E-state index contributed by atoms with van der Waals surface area (Å²) in [4.78, 5) is 3.43. The van der Waals surface area contributed by atoms with Crippen LogP contribution in [0.1, 0.15) is 11.7 Å². The van der Waals surface area contributed by atoms with Crippen LogP contribution < -0.4 is 10.5 Å². The molecule has 0 saturated carbocycles. The highest BCUT2D eigenvalue weighted by molar-refractivity contribution is 9.10.